The lowest BCUT2D eigenvalue weighted by Crippen LogP contribution is -2.42. The van der Waals surface area contributed by atoms with E-state index in [1.165, 1.54) is 38.5 Å². The van der Waals surface area contributed by atoms with Crippen LogP contribution in [0.5, 0.6) is 0 Å². The zero-order valence-corrected chi connectivity index (χ0v) is 12.5. The molecule has 1 heterocycles. The second kappa shape index (κ2) is 6.55. The molecule has 0 radical (unpaired) electrons. The van der Waals surface area contributed by atoms with Gasteiger partial charge in [0, 0.05) is 6.42 Å². The van der Waals surface area contributed by atoms with E-state index >= 15 is 0 Å². The predicted molar refractivity (Wildman–Crippen MR) is 76.0 cm³/mol. The summed E-state index contributed by atoms with van der Waals surface area (Å²) in [7, 11) is 0. The summed E-state index contributed by atoms with van der Waals surface area (Å²) < 4.78 is 6.03. The van der Waals surface area contributed by atoms with Crippen LogP contribution in [0.15, 0.2) is 0 Å². The van der Waals surface area contributed by atoms with Gasteiger partial charge in [0.2, 0.25) is 0 Å². The van der Waals surface area contributed by atoms with Gasteiger partial charge in [-0.25, -0.2) is 0 Å². The molecule has 0 amide bonds. The average Bonchev–Trinajstić information content (AvgIpc) is 2.33. The van der Waals surface area contributed by atoms with E-state index in [1.807, 2.05) is 0 Å². The van der Waals surface area contributed by atoms with Crippen LogP contribution < -0.4 is 0 Å². The van der Waals surface area contributed by atoms with Crippen LogP contribution in [0.2, 0.25) is 0 Å². The maximum atomic E-state index is 9.98. The molecule has 2 fully saturated rings. The molecule has 112 valence electrons. The van der Waals surface area contributed by atoms with E-state index in [0.29, 0.717) is 17.8 Å². The first-order chi connectivity index (χ1) is 9.00. The molecule has 2 unspecified atom stereocenters. The Morgan fingerprint density at radius 2 is 1.95 bits per heavy atom. The molecule has 0 aromatic rings. The van der Waals surface area contributed by atoms with Crippen molar-refractivity contribution in [3.05, 3.63) is 0 Å². The largest absolute Gasteiger partial charge is 0.394 e. The first kappa shape index (κ1) is 15.3. The summed E-state index contributed by atoms with van der Waals surface area (Å²) in [5, 5.41) is 19.3. The van der Waals surface area contributed by atoms with E-state index in [1.54, 1.807) is 0 Å². The fraction of sp³-hybridized carbons (Fsp3) is 1.00. The molecule has 1 saturated heterocycles. The molecule has 0 aromatic carbocycles. The second-order valence-corrected chi connectivity index (χ2v) is 7.33. The van der Waals surface area contributed by atoms with Crippen LogP contribution in [0.4, 0.5) is 0 Å². The Hall–Kier alpha value is -0.120. The van der Waals surface area contributed by atoms with Crippen molar-refractivity contribution >= 4 is 0 Å². The van der Waals surface area contributed by atoms with Crippen molar-refractivity contribution in [3.8, 4) is 0 Å². The van der Waals surface area contributed by atoms with Gasteiger partial charge in [0.25, 0.3) is 0 Å². The third-order valence-corrected chi connectivity index (χ3v) is 4.88. The second-order valence-electron chi connectivity index (χ2n) is 7.33. The Labute approximate surface area is 117 Å². The summed E-state index contributed by atoms with van der Waals surface area (Å²) in [6.07, 6.45) is 8.63. The molecule has 3 heteroatoms. The number of ether oxygens (including phenoxy) is 1. The fourth-order valence-corrected chi connectivity index (χ4v) is 3.87. The monoisotopic (exact) mass is 270 g/mol. The van der Waals surface area contributed by atoms with Gasteiger partial charge in [0.05, 0.1) is 24.9 Å². The zero-order valence-electron chi connectivity index (χ0n) is 12.5. The number of aliphatic hydroxyl groups is 2. The van der Waals surface area contributed by atoms with Crippen LogP contribution in [0.1, 0.15) is 65.2 Å². The van der Waals surface area contributed by atoms with Crippen LogP contribution in [-0.2, 0) is 4.74 Å². The van der Waals surface area contributed by atoms with Crippen molar-refractivity contribution in [1.82, 2.24) is 0 Å². The smallest absolute Gasteiger partial charge is 0.0834 e. The molecule has 0 spiro atoms. The highest BCUT2D eigenvalue weighted by Gasteiger charge is 2.36. The van der Waals surface area contributed by atoms with Crippen molar-refractivity contribution in [2.45, 2.75) is 83.5 Å². The highest BCUT2D eigenvalue weighted by atomic mass is 16.5. The quantitative estimate of drug-likeness (QED) is 0.811. The van der Waals surface area contributed by atoms with Crippen LogP contribution in [0.3, 0.4) is 0 Å². The number of aliphatic hydroxyl groups excluding tert-OH is 2. The average molecular weight is 270 g/mol. The minimum absolute atomic E-state index is 0.0314. The normalized spacial score (nSPS) is 40.4. The van der Waals surface area contributed by atoms with Gasteiger partial charge in [0.15, 0.2) is 0 Å². The lowest BCUT2D eigenvalue weighted by atomic mass is 9.72. The molecular weight excluding hydrogens is 240 g/mol. The Bertz CT molecular complexity index is 277. The molecule has 2 N–H and O–H groups in total. The summed E-state index contributed by atoms with van der Waals surface area (Å²) in [4.78, 5) is 0. The predicted octanol–water partition coefficient (Wildman–Crippen LogP) is 2.88. The first-order valence-electron chi connectivity index (χ1n) is 7.94. The summed E-state index contributed by atoms with van der Waals surface area (Å²) in [5.41, 5.74) is 0.381. The van der Waals surface area contributed by atoms with Crippen LogP contribution in [-0.4, -0.2) is 35.1 Å². The molecule has 3 nitrogen and oxygen atoms in total. The van der Waals surface area contributed by atoms with Gasteiger partial charge in [-0.05, 0) is 37.0 Å². The van der Waals surface area contributed by atoms with Crippen LogP contribution in [0.25, 0.3) is 0 Å². The maximum absolute atomic E-state index is 9.98. The van der Waals surface area contributed by atoms with Gasteiger partial charge in [0.1, 0.15) is 0 Å². The van der Waals surface area contributed by atoms with E-state index < -0.39 is 0 Å². The highest BCUT2D eigenvalue weighted by molar-refractivity contribution is 4.86. The summed E-state index contributed by atoms with van der Waals surface area (Å²) in [5.74, 6) is 0.541. The number of rotatable bonds is 2. The first-order valence-corrected chi connectivity index (χ1v) is 7.94. The lowest BCUT2D eigenvalue weighted by molar-refractivity contribution is -0.137. The molecule has 1 aliphatic carbocycles. The maximum Gasteiger partial charge on any atom is 0.0834 e. The van der Waals surface area contributed by atoms with E-state index in [4.69, 9.17) is 4.74 Å². The van der Waals surface area contributed by atoms with E-state index in [-0.39, 0.29) is 24.9 Å². The van der Waals surface area contributed by atoms with E-state index in [9.17, 15) is 10.2 Å². The summed E-state index contributed by atoms with van der Waals surface area (Å²) in [6.45, 7) is 4.74. The number of hydrogen-bond donors (Lipinski definition) is 2. The van der Waals surface area contributed by atoms with Gasteiger partial charge in [-0.2, -0.15) is 0 Å². The molecule has 2 rings (SSSR count). The topological polar surface area (TPSA) is 49.7 Å². The minimum atomic E-state index is -0.301. The van der Waals surface area contributed by atoms with Crippen molar-refractivity contribution in [3.63, 3.8) is 0 Å². The van der Waals surface area contributed by atoms with E-state index in [0.717, 1.165) is 6.42 Å². The van der Waals surface area contributed by atoms with Crippen molar-refractivity contribution in [2.75, 3.05) is 6.61 Å². The SMILES string of the molecule is CC1(C)CCCCCC([C@H]2CC(O)C[C@@H](CO)O2)C1. The molecule has 0 aromatic heterocycles. The Morgan fingerprint density at radius 3 is 2.68 bits per heavy atom. The molecule has 0 bridgehead atoms. The van der Waals surface area contributed by atoms with E-state index in [2.05, 4.69) is 13.8 Å². The van der Waals surface area contributed by atoms with Crippen LogP contribution in [0, 0.1) is 11.3 Å². The zero-order chi connectivity index (χ0) is 13.9. The molecule has 4 atom stereocenters. The van der Waals surface area contributed by atoms with Gasteiger partial charge in [-0.15, -0.1) is 0 Å². The standard InChI is InChI=1S/C16H30O3/c1-16(2)7-5-3-4-6-12(10-16)15-9-13(18)8-14(11-17)19-15/h12-15,17-18H,3-11H2,1-2H3/t12?,13?,14-,15+/m0/s1. The third kappa shape index (κ3) is 4.44. The van der Waals surface area contributed by atoms with Gasteiger partial charge in [-0.3, -0.25) is 0 Å². The highest BCUT2D eigenvalue weighted by Crippen LogP contribution is 2.40. The molecule has 1 saturated carbocycles. The Kier molecular flexibility index (Phi) is 5.27. The third-order valence-electron chi connectivity index (χ3n) is 4.88. The number of hydrogen-bond acceptors (Lipinski definition) is 3. The molecule has 19 heavy (non-hydrogen) atoms. The van der Waals surface area contributed by atoms with Crippen molar-refractivity contribution in [1.29, 1.82) is 0 Å². The Balaban J connectivity index is 2.00. The van der Waals surface area contributed by atoms with Crippen molar-refractivity contribution in [2.24, 2.45) is 11.3 Å². The molecule has 1 aliphatic heterocycles. The van der Waals surface area contributed by atoms with Gasteiger partial charge >= 0.3 is 0 Å². The summed E-state index contributed by atoms with van der Waals surface area (Å²) in [6, 6.07) is 0. The minimum Gasteiger partial charge on any atom is -0.394 e. The van der Waals surface area contributed by atoms with Crippen molar-refractivity contribution < 1.29 is 14.9 Å². The fourth-order valence-electron chi connectivity index (χ4n) is 3.87. The Morgan fingerprint density at radius 1 is 1.16 bits per heavy atom. The molecule has 2 aliphatic rings. The van der Waals surface area contributed by atoms with Gasteiger partial charge in [-0.1, -0.05) is 33.1 Å². The van der Waals surface area contributed by atoms with Gasteiger partial charge < -0.3 is 14.9 Å². The molecular formula is C16H30O3. The van der Waals surface area contributed by atoms with Crippen LogP contribution >= 0.6 is 0 Å². The lowest BCUT2D eigenvalue weighted by Gasteiger charge is -2.41. The summed E-state index contributed by atoms with van der Waals surface area (Å²) >= 11 is 0.